The average Bonchev–Trinajstić information content (AvgIpc) is 3.20. The Balaban J connectivity index is 1.54. The topological polar surface area (TPSA) is 85.2 Å². The highest BCUT2D eigenvalue weighted by atomic mass is 16.2. The molecular weight excluding hydrogens is 292 g/mol. The lowest BCUT2D eigenvalue weighted by molar-refractivity contribution is -0.121. The summed E-state index contributed by atoms with van der Waals surface area (Å²) in [6, 6.07) is 0.0398. The van der Waals surface area contributed by atoms with Gasteiger partial charge >= 0.3 is 0 Å². The zero-order valence-corrected chi connectivity index (χ0v) is 13.4. The summed E-state index contributed by atoms with van der Waals surface area (Å²) in [4.78, 5) is 26.2. The normalized spacial score (nSPS) is 22.2. The molecule has 2 amide bonds. The molecule has 0 aromatic rings. The summed E-state index contributed by atoms with van der Waals surface area (Å²) in [5.41, 5.74) is 1.40. The lowest BCUT2D eigenvalue weighted by Gasteiger charge is -2.35. The summed E-state index contributed by atoms with van der Waals surface area (Å²) in [6.07, 6.45) is 9.93. The van der Waals surface area contributed by atoms with Crippen LogP contribution in [0.2, 0.25) is 0 Å². The summed E-state index contributed by atoms with van der Waals surface area (Å²) in [5, 5.41) is 14.7. The van der Waals surface area contributed by atoms with Crippen LogP contribution in [-0.2, 0) is 9.59 Å². The molecule has 1 aliphatic heterocycles. The van der Waals surface area contributed by atoms with Gasteiger partial charge in [0.25, 0.3) is 5.91 Å². The lowest BCUT2D eigenvalue weighted by Crippen LogP contribution is -2.57. The van der Waals surface area contributed by atoms with Gasteiger partial charge in [0, 0.05) is 11.1 Å². The van der Waals surface area contributed by atoms with Crippen LogP contribution in [0.15, 0.2) is 23.3 Å². The van der Waals surface area contributed by atoms with E-state index >= 15 is 0 Å². The first-order chi connectivity index (χ1) is 11.0. The number of carbonyl (C=O) groups excluding carboxylic acids is 2. The van der Waals surface area contributed by atoms with Crippen LogP contribution in [0.25, 0.3) is 0 Å². The quantitative estimate of drug-likeness (QED) is 0.741. The zero-order chi connectivity index (χ0) is 16.4. The summed E-state index contributed by atoms with van der Waals surface area (Å²) in [5.74, 6) is -0.153. The van der Waals surface area contributed by atoms with Crippen LogP contribution in [0.3, 0.4) is 0 Å². The highest BCUT2D eigenvalue weighted by molar-refractivity contribution is 6.00. The Kier molecular flexibility index (Phi) is 4.12. The number of rotatable bonds is 5. The second kappa shape index (κ2) is 6.07. The molecule has 23 heavy (non-hydrogen) atoms. The van der Waals surface area contributed by atoms with Crippen molar-refractivity contribution < 1.29 is 9.59 Å². The first-order valence-electron chi connectivity index (χ1n) is 8.15. The summed E-state index contributed by atoms with van der Waals surface area (Å²) in [7, 11) is 0. The fourth-order valence-corrected chi connectivity index (χ4v) is 2.89. The van der Waals surface area contributed by atoms with E-state index in [9.17, 15) is 9.59 Å². The number of nitrogens with zero attached hydrogens (tertiary/aromatic N) is 2. The molecule has 0 aromatic carbocycles. The van der Waals surface area contributed by atoms with Crippen LogP contribution in [-0.4, -0.2) is 41.4 Å². The van der Waals surface area contributed by atoms with Gasteiger partial charge in [0.05, 0.1) is 25.6 Å². The molecule has 0 unspecified atom stereocenters. The van der Waals surface area contributed by atoms with Gasteiger partial charge in [0.2, 0.25) is 5.91 Å². The predicted octanol–water partition coefficient (Wildman–Crippen LogP) is 0.973. The van der Waals surface area contributed by atoms with E-state index in [1.807, 2.05) is 25.3 Å². The minimum atomic E-state index is -0.0860. The third-order valence-electron chi connectivity index (χ3n) is 4.65. The molecule has 0 radical (unpaired) electrons. The van der Waals surface area contributed by atoms with Crippen molar-refractivity contribution in [2.24, 2.45) is 0 Å². The molecule has 6 nitrogen and oxygen atoms in total. The van der Waals surface area contributed by atoms with Crippen molar-refractivity contribution in [2.75, 3.05) is 13.1 Å². The third-order valence-corrected chi connectivity index (χ3v) is 4.65. The Morgan fingerprint density at radius 3 is 2.70 bits per heavy atom. The molecule has 6 heteroatoms. The van der Waals surface area contributed by atoms with E-state index in [0.717, 1.165) is 31.3 Å². The minimum absolute atomic E-state index is 0.0398. The predicted molar refractivity (Wildman–Crippen MR) is 84.9 cm³/mol. The third kappa shape index (κ3) is 3.73. The molecule has 1 saturated heterocycles. The van der Waals surface area contributed by atoms with Gasteiger partial charge in [-0.05, 0) is 38.2 Å². The number of amides is 2. The monoisotopic (exact) mass is 314 g/mol. The van der Waals surface area contributed by atoms with Crippen LogP contribution < -0.4 is 10.6 Å². The highest BCUT2D eigenvalue weighted by Crippen LogP contribution is 2.35. The largest absolute Gasteiger partial charge is 0.349 e. The van der Waals surface area contributed by atoms with Gasteiger partial charge < -0.3 is 15.5 Å². The number of likely N-dealkylation sites (tertiary alicyclic amines) is 1. The standard InChI is InChI=1S/C17H22N4O2/c1-17(6-7-17)20-16(23)14-5-3-2-4-12(14)8-15(22)19-13-9-21(10-13)11-18/h4-5,13H,2-3,6-10H2,1H3,(H,19,22)(H,20,23). The van der Waals surface area contributed by atoms with Crippen molar-refractivity contribution in [3.63, 3.8) is 0 Å². The number of nitriles is 1. The number of nitrogens with one attached hydrogen (secondary N) is 2. The SMILES string of the molecule is CC1(NC(=O)C2=CCCC=C2CC(=O)NC2CN(C#N)C2)CC1. The van der Waals surface area contributed by atoms with Gasteiger partial charge in [-0.3, -0.25) is 9.59 Å². The Bertz CT molecular complexity index is 619. The van der Waals surface area contributed by atoms with E-state index in [4.69, 9.17) is 5.26 Å². The molecule has 3 aliphatic rings. The molecule has 0 aromatic heterocycles. The maximum absolute atomic E-state index is 12.4. The van der Waals surface area contributed by atoms with Crippen molar-refractivity contribution in [3.8, 4) is 6.19 Å². The molecule has 1 heterocycles. The van der Waals surface area contributed by atoms with Gasteiger partial charge in [-0.15, -0.1) is 0 Å². The van der Waals surface area contributed by atoms with E-state index in [0.29, 0.717) is 18.7 Å². The van der Waals surface area contributed by atoms with Gasteiger partial charge in [-0.1, -0.05) is 12.2 Å². The molecule has 0 spiro atoms. The average molecular weight is 314 g/mol. The molecule has 0 bridgehead atoms. The van der Waals surface area contributed by atoms with Crippen molar-refractivity contribution in [3.05, 3.63) is 23.3 Å². The Hall–Kier alpha value is -2.29. The van der Waals surface area contributed by atoms with Crippen LogP contribution in [0.5, 0.6) is 0 Å². The summed E-state index contributed by atoms with van der Waals surface area (Å²) < 4.78 is 0. The fraction of sp³-hybridized carbons (Fsp3) is 0.588. The first-order valence-corrected chi connectivity index (χ1v) is 8.15. The van der Waals surface area contributed by atoms with Crippen LogP contribution >= 0.6 is 0 Å². The number of allylic oxidation sites excluding steroid dienone is 2. The number of hydrogen-bond acceptors (Lipinski definition) is 4. The molecule has 3 rings (SSSR count). The van der Waals surface area contributed by atoms with E-state index in [2.05, 4.69) is 10.6 Å². The first kappa shape index (κ1) is 15.6. The molecular formula is C17H22N4O2. The maximum Gasteiger partial charge on any atom is 0.251 e. The summed E-state index contributed by atoms with van der Waals surface area (Å²) in [6.45, 7) is 3.19. The zero-order valence-electron chi connectivity index (χ0n) is 13.4. The summed E-state index contributed by atoms with van der Waals surface area (Å²) >= 11 is 0. The van der Waals surface area contributed by atoms with Gasteiger partial charge in [-0.25, -0.2) is 0 Å². The molecule has 122 valence electrons. The number of carbonyl (C=O) groups is 2. The number of hydrogen-bond donors (Lipinski definition) is 2. The van der Waals surface area contributed by atoms with Gasteiger partial charge in [-0.2, -0.15) is 5.26 Å². The van der Waals surface area contributed by atoms with Crippen molar-refractivity contribution in [1.29, 1.82) is 5.26 Å². The maximum atomic E-state index is 12.4. The van der Waals surface area contributed by atoms with Gasteiger partial charge in [0.1, 0.15) is 0 Å². The van der Waals surface area contributed by atoms with Crippen molar-refractivity contribution >= 4 is 11.8 Å². The molecule has 2 N–H and O–H groups in total. The Labute approximate surface area is 136 Å². The van der Waals surface area contributed by atoms with Gasteiger partial charge in [0.15, 0.2) is 6.19 Å². The molecule has 2 fully saturated rings. The molecule has 0 atom stereocenters. The minimum Gasteiger partial charge on any atom is -0.349 e. The van der Waals surface area contributed by atoms with E-state index in [1.54, 1.807) is 4.90 Å². The van der Waals surface area contributed by atoms with E-state index < -0.39 is 0 Å². The molecule has 1 saturated carbocycles. The molecule has 2 aliphatic carbocycles. The Morgan fingerprint density at radius 2 is 2.04 bits per heavy atom. The van der Waals surface area contributed by atoms with Crippen LogP contribution in [0.1, 0.15) is 39.0 Å². The fourth-order valence-electron chi connectivity index (χ4n) is 2.89. The van der Waals surface area contributed by atoms with Crippen LogP contribution in [0, 0.1) is 11.5 Å². The van der Waals surface area contributed by atoms with Crippen molar-refractivity contribution in [2.45, 2.75) is 50.6 Å². The van der Waals surface area contributed by atoms with E-state index in [1.165, 1.54) is 0 Å². The Morgan fingerprint density at radius 1 is 1.35 bits per heavy atom. The van der Waals surface area contributed by atoms with E-state index in [-0.39, 0.29) is 29.8 Å². The van der Waals surface area contributed by atoms with Crippen molar-refractivity contribution in [1.82, 2.24) is 15.5 Å². The van der Waals surface area contributed by atoms with Crippen LogP contribution in [0.4, 0.5) is 0 Å². The smallest absolute Gasteiger partial charge is 0.251 e. The highest BCUT2D eigenvalue weighted by Gasteiger charge is 2.39. The second-order valence-electron chi connectivity index (χ2n) is 6.89. The second-order valence-corrected chi connectivity index (χ2v) is 6.89. The lowest BCUT2D eigenvalue weighted by atomic mass is 9.93.